The van der Waals surface area contributed by atoms with Crippen LogP contribution < -0.4 is 21.3 Å². The maximum atomic E-state index is 14.1. The van der Waals surface area contributed by atoms with E-state index in [4.69, 9.17) is 9.47 Å². The smallest absolute Gasteiger partial charge is 0.248 e. The summed E-state index contributed by atoms with van der Waals surface area (Å²) >= 11 is 1.56. The maximum Gasteiger partial charge on any atom is 0.248 e. The summed E-state index contributed by atoms with van der Waals surface area (Å²) in [4.78, 5) is 57.5. The number of likely N-dealkylation sites (tertiary alicyclic amines) is 2. The van der Waals surface area contributed by atoms with Crippen molar-refractivity contribution in [3.8, 4) is 23.7 Å². The van der Waals surface area contributed by atoms with E-state index in [1.807, 2.05) is 39.9 Å². The number of ether oxygens (including phenoxy) is 2. The molecule has 0 bridgehead atoms. The van der Waals surface area contributed by atoms with Gasteiger partial charge >= 0.3 is 0 Å². The van der Waals surface area contributed by atoms with Crippen molar-refractivity contribution in [3.63, 3.8) is 0 Å². The summed E-state index contributed by atoms with van der Waals surface area (Å²) < 4.78 is 13.6. The van der Waals surface area contributed by atoms with Crippen LogP contribution in [-0.2, 0) is 35.2 Å². The van der Waals surface area contributed by atoms with Crippen LogP contribution in [0.4, 0.5) is 0 Å². The molecular formula is C39H55N9O6S. The molecule has 3 heterocycles. The number of benzene rings is 1. The van der Waals surface area contributed by atoms with E-state index in [-0.39, 0.29) is 42.9 Å². The lowest BCUT2D eigenvalue weighted by Crippen LogP contribution is -2.58. The van der Waals surface area contributed by atoms with E-state index < -0.39 is 36.4 Å². The SMILES string of the molecule is CN[C@@H](C)C(=O)N[C@H](C(=O)N1CCCC1)[C@@H](C)OCC#CC#CCO[C@H](C)[C@H](NC(=O)[C@H](C)NC)C(=O)N1CCC[C@H]1Cn1nncc1Sc1ccccc1. The molecule has 15 nitrogen and oxygen atoms in total. The second-order valence-electron chi connectivity index (χ2n) is 13.7. The van der Waals surface area contributed by atoms with Gasteiger partial charge in [-0.3, -0.25) is 19.2 Å². The number of carbonyl (C=O) groups is 4. The van der Waals surface area contributed by atoms with Crippen molar-refractivity contribution in [2.75, 3.05) is 46.9 Å². The van der Waals surface area contributed by atoms with E-state index in [2.05, 4.69) is 55.3 Å². The van der Waals surface area contributed by atoms with Crippen molar-refractivity contribution in [1.29, 1.82) is 0 Å². The van der Waals surface area contributed by atoms with Crippen molar-refractivity contribution in [2.45, 2.75) is 112 Å². The van der Waals surface area contributed by atoms with Crippen LogP contribution in [0.15, 0.2) is 46.5 Å². The van der Waals surface area contributed by atoms with Crippen LogP contribution in [0.25, 0.3) is 0 Å². The third-order valence-corrected chi connectivity index (χ3v) is 10.8. The summed E-state index contributed by atoms with van der Waals surface area (Å²) in [5, 5.41) is 20.8. The Balaban J connectivity index is 1.34. The molecule has 2 aliphatic rings. The second-order valence-corrected chi connectivity index (χ2v) is 14.8. The number of hydrogen-bond donors (Lipinski definition) is 4. The first-order valence-electron chi connectivity index (χ1n) is 18.9. The Morgan fingerprint density at radius 1 is 0.818 bits per heavy atom. The van der Waals surface area contributed by atoms with Crippen LogP contribution in [0, 0.1) is 23.7 Å². The van der Waals surface area contributed by atoms with E-state index >= 15 is 0 Å². The summed E-state index contributed by atoms with van der Waals surface area (Å²) in [6, 6.07) is 7.04. The number of nitrogens with zero attached hydrogens (tertiary/aromatic N) is 5. The second kappa shape index (κ2) is 22.2. The fourth-order valence-corrected chi connectivity index (χ4v) is 7.02. The molecule has 0 unspecified atom stereocenters. The highest BCUT2D eigenvalue weighted by molar-refractivity contribution is 7.99. The van der Waals surface area contributed by atoms with Gasteiger partial charge in [0.05, 0.1) is 43.1 Å². The zero-order chi connectivity index (χ0) is 39.7. The lowest BCUT2D eigenvalue weighted by atomic mass is 10.1. The van der Waals surface area contributed by atoms with E-state index in [0.717, 1.165) is 35.6 Å². The highest BCUT2D eigenvalue weighted by Crippen LogP contribution is 2.28. The predicted octanol–water partition coefficient (Wildman–Crippen LogP) is 1.05. The molecule has 7 atom stereocenters. The molecule has 16 heteroatoms. The lowest BCUT2D eigenvalue weighted by Gasteiger charge is -2.32. The van der Waals surface area contributed by atoms with Crippen molar-refractivity contribution in [1.82, 2.24) is 46.1 Å². The van der Waals surface area contributed by atoms with Crippen LogP contribution in [0.2, 0.25) is 0 Å². The molecule has 55 heavy (non-hydrogen) atoms. The third kappa shape index (κ3) is 12.8. The predicted molar refractivity (Wildman–Crippen MR) is 208 cm³/mol. The van der Waals surface area contributed by atoms with Crippen molar-refractivity contribution in [2.24, 2.45) is 0 Å². The molecule has 2 fully saturated rings. The summed E-state index contributed by atoms with van der Waals surface area (Å²) in [6.07, 6.45) is 3.87. The van der Waals surface area contributed by atoms with Gasteiger partial charge in [-0.15, -0.1) is 5.10 Å². The molecular weight excluding hydrogens is 723 g/mol. The Labute approximate surface area is 328 Å². The molecule has 0 saturated carbocycles. The molecule has 298 valence electrons. The minimum atomic E-state index is -0.951. The van der Waals surface area contributed by atoms with Crippen LogP contribution in [0.5, 0.6) is 0 Å². The highest BCUT2D eigenvalue weighted by Gasteiger charge is 2.38. The Hall–Kier alpha value is -4.45. The molecule has 0 radical (unpaired) electrons. The lowest BCUT2D eigenvalue weighted by molar-refractivity contribution is -0.141. The van der Waals surface area contributed by atoms with E-state index in [0.29, 0.717) is 26.2 Å². The largest absolute Gasteiger partial charge is 0.363 e. The van der Waals surface area contributed by atoms with Gasteiger partial charge in [0, 0.05) is 24.5 Å². The number of rotatable bonds is 18. The van der Waals surface area contributed by atoms with Gasteiger partial charge < -0.3 is 40.5 Å². The molecule has 0 aliphatic carbocycles. The van der Waals surface area contributed by atoms with Crippen molar-refractivity contribution < 1.29 is 28.7 Å². The van der Waals surface area contributed by atoms with Crippen LogP contribution in [-0.4, -0.2) is 138 Å². The molecule has 2 saturated heterocycles. The van der Waals surface area contributed by atoms with Gasteiger partial charge in [-0.2, -0.15) is 0 Å². The molecule has 1 aromatic heterocycles. The summed E-state index contributed by atoms with van der Waals surface area (Å²) in [5.74, 6) is 10.1. The van der Waals surface area contributed by atoms with Crippen LogP contribution in [0.1, 0.15) is 53.4 Å². The molecule has 0 spiro atoms. The normalized spacial score (nSPS) is 18.5. The van der Waals surface area contributed by atoms with Gasteiger partial charge in [-0.1, -0.05) is 47.0 Å². The van der Waals surface area contributed by atoms with Gasteiger partial charge in [0.25, 0.3) is 0 Å². The number of aromatic nitrogens is 3. The number of hydrogen-bond acceptors (Lipinski definition) is 11. The zero-order valence-corrected chi connectivity index (χ0v) is 33.5. The number of nitrogens with one attached hydrogen (secondary N) is 4. The third-order valence-electron chi connectivity index (χ3n) is 9.80. The Bertz CT molecular complexity index is 1700. The van der Waals surface area contributed by atoms with Gasteiger partial charge in [0.1, 0.15) is 30.3 Å². The van der Waals surface area contributed by atoms with Gasteiger partial charge in [-0.05, 0) is 91.4 Å². The Morgan fingerprint density at radius 3 is 1.95 bits per heavy atom. The topological polar surface area (TPSA) is 172 Å². The molecule has 2 aliphatic heterocycles. The Kier molecular flexibility index (Phi) is 17.5. The van der Waals surface area contributed by atoms with Crippen LogP contribution in [0.3, 0.4) is 0 Å². The standard InChI is InChI=1S/C39H55N9O6S/c1-27(40-5)36(49)43-34(38(51)46-20-12-13-21-46)29(3)53-23-14-7-8-15-24-54-30(4)35(44-37(50)28(2)41-6)39(52)47-22-16-17-31(47)26-48-33(25-42-45-48)55-32-18-10-9-11-19-32/h9-11,18-19,25,27-31,34-35,40-41H,12-13,16-17,20-24,26H2,1-6H3,(H,43,49)(H,44,50)/t27-,28-,29+,30+,31-,34-,35-/m0/s1. The van der Waals surface area contributed by atoms with Crippen LogP contribution >= 0.6 is 11.8 Å². The summed E-state index contributed by atoms with van der Waals surface area (Å²) in [5.41, 5.74) is 0. The fraction of sp³-hybridized carbons (Fsp3) is 0.590. The molecule has 4 N–H and O–H groups in total. The maximum absolute atomic E-state index is 14.1. The zero-order valence-electron chi connectivity index (χ0n) is 32.7. The first-order chi connectivity index (χ1) is 26.5. The first kappa shape index (κ1) is 43.3. The molecule has 2 aromatic rings. The van der Waals surface area contributed by atoms with Gasteiger partial charge in [0.15, 0.2) is 0 Å². The number of carbonyl (C=O) groups excluding carboxylic acids is 4. The average molecular weight is 778 g/mol. The molecule has 1 aromatic carbocycles. The summed E-state index contributed by atoms with van der Waals surface area (Å²) in [7, 11) is 3.36. The highest BCUT2D eigenvalue weighted by atomic mass is 32.2. The average Bonchev–Trinajstić information content (AvgIpc) is 4.00. The fourth-order valence-electron chi connectivity index (χ4n) is 6.17. The van der Waals surface area contributed by atoms with Crippen molar-refractivity contribution >= 4 is 35.4 Å². The van der Waals surface area contributed by atoms with Gasteiger partial charge in [0.2, 0.25) is 23.6 Å². The first-order valence-corrected chi connectivity index (χ1v) is 19.7. The minimum Gasteiger partial charge on any atom is -0.363 e. The summed E-state index contributed by atoms with van der Waals surface area (Å²) in [6.45, 7) is 9.21. The van der Waals surface area contributed by atoms with E-state index in [9.17, 15) is 19.2 Å². The number of amides is 4. The monoisotopic (exact) mass is 777 g/mol. The van der Waals surface area contributed by atoms with Gasteiger partial charge in [-0.25, -0.2) is 4.68 Å². The number of likely N-dealkylation sites (N-methyl/N-ethyl adjacent to an activating group) is 2. The quantitative estimate of drug-likeness (QED) is 0.160. The van der Waals surface area contributed by atoms with Crippen molar-refractivity contribution in [3.05, 3.63) is 36.5 Å². The Morgan fingerprint density at radius 2 is 1.38 bits per heavy atom. The molecule has 4 rings (SSSR count). The molecule has 4 amide bonds. The minimum absolute atomic E-state index is 0.00136. The van der Waals surface area contributed by atoms with E-state index in [1.165, 1.54) is 0 Å². The van der Waals surface area contributed by atoms with E-state index in [1.54, 1.807) is 64.6 Å².